The Labute approximate surface area is 374 Å². The number of benzene rings is 9. The van der Waals surface area contributed by atoms with Crippen LogP contribution in [0.25, 0.3) is 44.2 Å². The van der Waals surface area contributed by atoms with Crippen LogP contribution in [-0.4, -0.2) is 5.84 Å². The second kappa shape index (κ2) is 14.6. The molecule has 9 aromatic carbocycles. The summed E-state index contributed by atoms with van der Waals surface area (Å²) in [5, 5.41) is 19.2. The van der Waals surface area contributed by atoms with Crippen LogP contribution >= 0.6 is 0 Å². The third kappa shape index (κ3) is 5.68. The van der Waals surface area contributed by atoms with Crippen molar-refractivity contribution >= 4 is 16.6 Å². The predicted molar refractivity (Wildman–Crippen MR) is 260 cm³/mol. The lowest BCUT2D eigenvalue weighted by Gasteiger charge is -2.46. The fourth-order valence-electron chi connectivity index (χ4n) is 11.1. The fraction of sp³-hybridized carbons (Fsp3) is 0.100. The van der Waals surface area contributed by atoms with E-state index in [2.05, 4.69) is 194 Å². The number of hydrogen-bond acceptors (Lipinski definition) is 4. The van der Waals surface area contributed by atoms with Gasteiger partial charge in [0.2, 0.25) is 0 Å². The number of hydrogen-bond donors (Lipinski definition) is 2. The lowest BCUT2D eigenvalue weighted by atomic mass is 9.55. The van der Waals surface area contributed by atoms with Crippen LogP contribution < -0.4 is 10.6 Å². The van der Waals surface area contributed by atoms with E-state index in [-0.39, 0.29) is 17.7 Å². The van der Waals surface area contributed by atoms with Crippen molar-refractivity contribution < 1.29 is 0 Å². The van der Waals surface area contributed by atoms with Crippen molar-refractivity contribution in [1.29, 1.82) is 5.26 Å². The zero-order valence-electron chi connectivity index (χ0n) is 35.7. The molecule has 304 valence electrons. The van der Waals surface area contributed by atoms with Gasteiger partial charge in [-0.25, -0.2) is 4.99 Å². The highest BCUT2D eigenvalue weighted by atomic mass is 15.3. The molecule has 0 saturated heterocycles. The maximum atomic E-state index is 9.41. The van der Waals surface area contributed by atoms with Crippen molar-refractivity contribution in [2.24, 2.45) is 4.99 Å². The number of amidine groups is 1. The third-order valence-corrected chi connectivity index (χ3v) is 14.1. The van der Waals surface area contributed by atoms with Gasteiger partial charge in [-0.05, 0) is 107 Å². The molecule has 4 nitrogen and oxygen atoms in total. The first-order chi connectivity index (χ1) is 31.4. The van der Waals surface area contributed by atoms with Gasteiger partial charge in [-0.1, -0.05) is 202 Å². The Morgan fingerprint density at radius 1 is 0.453 bits per heavy atom. The van der Waals surface area contributed by atoms with Crippen molar-refractivity contribution in [2.75, 3.05) is 0 Å². The topological polar surface area (TPSA) is 60.2 Å². The van der Waals surface area contributed by atoms with Crippen LogP contribution in [0.3, 0.4) is 0 Å². The summed E-state index contributed by atoms with van der Waals surface area (Å²) in [5.41, 5.74) is 18.8. The third-order valence-electron chi connectivity index (χ3n) is 14.1. The molecule has 1 spiro atoms. The molecule has 2 unspecified atom stereocenters. The highest BCUT2D eigenvalue weighted by Crippen LogP contribution is 2.62. The van der Waals surface area contributed by atoms with Crippen LogP contribution in [-0.2, 0) is 10.8 Å². The highest BCUT2D eigenvalue weighted by molar-refractivity contribution is 6.06. The van der Waals surface area contributed by atoms with Crippen molar-refractivity contribution in [3.63, 3.8) is 0 Å². The van der Waals surface area contributed by atoms with E-state index >= 15 is 0 Å². The van der Waals surface area contributed by atoms with E-state index in [4.69, 9.17) is 4.99 Å². The molecule has 0 saturated carbocycles. The van der Waals surface area contributed by atoms with Gasteiger partial charge >= 0.3 is 0 Å². The zero-order chi connectivity index (χ0) is 43.0. The van der Waals surface area contributed by atoms with Crippen LogP contribution in [0.15, 0.2) is 211 Å². The van der Waals surface area contributed by atoms with Gasteiger partial charge in [0.1, 0.15) is 18.2 Å². The van der Waals surface area contributed by atoms with Crippen LogP contribution in [0, 0.1) is 11.3 Å². The first-order valence-electron chi connectivity index (χ1n) is 22.2. The molecule has 4 heteroatoms. The zero-order valence-corrected chi connectivity index (χ0v) is 35.7. The van der Waals surface area contributed by atoms with Crippen LogP contribution in [0.5, 0.6) is 0 Å². The van der Waals surface area contributed by atoms with E-state index in [0.717, 1.165) is 28.1 Å². The Morgan fingerprint density at radius 3 is 1.64 bits per heavy atom. The van der Waals surface area contributed by atoms with Gasteiger partial charge in [0.05, 0.1) is 17.0 Å². The second-order valence-electron chi connectivity index (χ2n) is 17.8. The standard InChI is InChI=1S/C60H44N4/c1-59(2)52-20-10-12-22-54(52)60(55-23-13-11-21-53(55)59)50-19-9-8-18-48(50)49-36-43(32-35-51(49)60)45-34-33-44(46-16-6-7-17-47(45)46)39-28-30-42(31-29-39)58-63-56(40-14-4-3-5-15-40)62-57(64-58)41-26-24-38(37-61)25-27-41/h3-36,56-57,62H,1-2H3,(H,63,64). The minimum Gasteiger partial charge on any atom is -0.350 e. The van der Waals surface area contributed by atoms with E-state index in [1.54, 1.807) is 0 Å². The van der Waals surface area contributed by atoms with E-state index < -0.39 is 5.41 Å². The fourth-order valence-corrected chi connectivity index (χ4v) is 11.1. The molecular formula is C60H44N4. The molecule has 2 N–H and O–H groups in total. The average molecular weight is 821 g/mol. The Hall–Kier alpha value is -7.84. The normalized spacial score (nSPS) is 17.3. The number of nitrogens with zero attached hydrogens (tertiary/aromatic N) is 2. The molecule has 9 aromatic rings. The molecular weight excluding hydrogens is 777 g/mol. The molecule has 1 heterocycles. The number of nitrogens with one attached hydrogen (secondary N) is 2. The monoisotopic (exact) mass is 820 g/mol. The van der Waals surface area contributed by atoms with Gasteiger partial charge < -0.3 is 5.32 Å². The quantitative estimate of drug-likeness (QED) is 0.182. The van der Waals surface area contributed by atoms with Gasteiger partial charge in [0.25, 0.3) is 0 Å². The lowest BCUT2D eigenvalue weighted by molar-refractivity contribution is 0.409. The van der Waals surface area contributed by atoms with Crippen molar-refractivity contribution in [3.8, 4) is 39.4 Å². The van der Waals surface area contributed by atoms with E-state index in [1.165, 1.54) is 72.0 Å². The summed E-state index contributed by atoms with van der Waals surface area (Å²) in [5.74, 6) is 0.817. The molecule has 2 aliphatic carbocycles. The number of nitriles is 1. The molecule has 0 amide bonds. The lowest BCUT2D eigenvalue weighted by Crippen LogP contribution is -2.44. The molecule has 64 heavy (non-hydrogen) atoms. The Morgan fingerprint density at radius 2 is 0.984 bits per heavy atom. The van der Waals surface area contributed by atoms with Crippen molar-refractivity contribution in [3.05, 3.63) is 262 Å². The summed E-state index contributed by atoms with van der Waals surface area (Å²) in [6, 6.07) is 77.0. The van der Waals surface area contributed by atoms with Crippen LogP contribution in [0.4, 0.5) is 0 Å². The Bertz CT molecular complexity index is 3320. The summed E-state index contributed by atoms with van der Waals surface area (Å²) >= 11 is 0. The molecule has 3 aliphatic rings. The Kier molecular flexibility index (Phi) is 8.66. The van der Waals surface area contributed by atoms with Gasteiger partial charge in [-0.3, -0.25) is 5.32 Å². The molecule has 1 aliphatic heterocycles. The molecule has 0 fully saturated rings. The van der Waals surface area contributed by atoms with Gasteiger partial charge in [0.15, 0.2) is 0 Å². The van der Waals surface area contributed by atoms with E-state index in [9.17, 15) is 5.26 Å². The first kappa shape index (κ1) is 37.9. The van der Waals surface area contributed by atoms with Crippen molar-refractivity contribution in [1.82, 2.24) is 10.6 Å². The summed E-state index contributed by atoms with van der Waals surface area (Å²) < 4.78 is 0. The summed E-state index contributed by atoms with van der Waals surface area (Å²) in [7, 11) is 0. The minimum atomic E-state index is -0.409. The smallest absolute Gasteiger partial charge is 0.131 e. The maximum absolute atomic E-state index is 9.41. The van der Waals surface area contributed by atoms with Crippen LogP contribution in [0.2, 0.25) is 0 Å². The molecule has 2 atom stereocenters. The van der Waals surface area contributed by atoms with Gasteiger partial charge in [-0.2, -0.15) is 5.26 Å². The SMILES string of the molecule is CC1(C)c2ccccc2C2(c3ccccc3-c3cc(-c4ccc(-c5ccc(C6=NC(c7ccccc7)NC(c7ccc(C#N)cc7)N6)cc5)c5ccccc45)ccc32)c2ccccc21. The summed E-state index contributed by atoms with van der Waals surface area (Å²) in [6.07, 6.45) is -0.435. The molecule has 0 aromatic heterocycles. The van der Waals surface area contributed by atoms with E-state index in [0.29, 0.717) is 5.56 Å². The minimum absolute atomic E-state index is 0.128. The van der Waals surface area contributed by atoms with Gasteiger partial charge in [-0.15, -0.1) is 0 Å². The number of rotatable bonds is 5. The molecule has 12 rings (SSSR count). The molecule has 0 radical (unpaired) electrons. The number of fused-ring (bicyclic) bond motifs is 10. The second-order valence-corrected chi connectivity index (χ2v) is 17.8. The largest absolute Gasteiger partial charge is 0.350 e. The first-order valence-corrected chi connectivity index (χ1v) is 22.2. The maximum Gasteiger partial charge on any atom is 0.131 e. The van der Waals surface area contributed by atoms with Crippen LogP contribution in [0.1, 0.15) is 81.8 Å². The predicted octanol–water partition coefficient (Wildman–Crippen LogP) is 13.4. The number of aliphatic imine (C=N–C) groups is 1. The molecule has 0 bridgehead atoms. The summed E-state index contributed by atoms with van der Waals surface area (Å²) in [6.45, 7) is 4.75. The van der Waals surface area contributed by atoms with E-state index in [1.807, 2.05) is 42.5 Å². The van der Waals surface area contributed by atoms with Crippen molar-refractivity contribution in [2.45, 2.75) is 37.0 Å². The Balaban J connectivity index is 0.931. The highest BCUT2D eigenvalue weighted by Gasteiger charge is 2.53. The summed E-state index contributed by atoms with van der Waals surface area (Å²) in [4.78, 5) is 5.17. The van der Waals surface area contributed by atoms with Gasteiger partial charge in [0, 0.05) is 11.0 Å². The average Bonchev–Trinajstić information content (AvgIpc) is 3.66.